The predicted molar refractivity (Wildman–Crippen MR) is 206 cm³/mol. The van der Waals surface area contributed by atoms with Crippen LogP contribution in [0, 0.1) is 5.82 Å². The summed E-state index contributed by atoms with van der Waals surface area (Å²) in [7, 11) is 3.00. The van der Waals surface area contributed by atoms with Gasteiger partial charge in [-0.05, 0) is 76.2 Å². The first-order chi connectivity index (χ1) is 26.3. The summed E-state index contributed by atoms with van der Waals surface area (Å²) in [5.74, 6) is 0.653. The van der Waals surface area contributed by atoms with Crippen molar-refractivity contribution in [2.75, 3.05) is 81.8 Å². The van der Waals surface area contributed by atoms with Crippen molar-refractivity contribution in [1.82, 2.24) is 24.4 Å². The van der Waals surface area contributed by atoms with Gasteiger partial charge in [0.1, 0.15) is 22.9 Å². The van der Waals surface area contributed by atoms with E-state index in [-0.39, 0.29) is 17.4 Å². The molecule has 292 valence electrons. The number of hydrogen-bond acceptors (Lipinski definition) is 9. The third kappa shape index (κ3) is 8.53. The highest BCUT2D eigenvalue weighted by molar-refractivity contribution is 6.03. The molecule has 0 aliphatic carbocycles. The van der Waals surface area contributed by atoms with E-state index < -0.39 is 29.6 Å². The number of benzene rings is 3. The smallest absolute Gasteiger partial charge is 0.410 e. The van der Waals surface area contributed by atoms with Crippen LogP contribution in [0.3, 0.4) is 0 Å². The minimum absolute atomic E-state index is 0.142. The van der Waals surface area contributed by atoms with Crippen LogP contribution in [-0.4, -0.2) is 115 Å². The summed E-state index contributed by atoms with van der Waals surface area (Å²) in [6.45, 7) is 9.93. The summed E-state index contributed by atoms with van der Waals surface area (Å²) < 4.78 is 31.9. The first-order valence-electron chi connectivity index (χ1n) is 18.1. The van der Waals surface area contributed by atoms with Gasteiger partial charge in [-0.3, -0.25) is 9.69 Å². The Labute approximate surface area is 318 Å². The highest BCUT2D eigenvalue weighted by Gasteiger charge is 2.35. The first-order valence-corrected chi connectivity index (χ1v) is 18.1. The van der Waals surface area contributed by atoms with Gasteiger partial charge >= 0.3 is 18.2 Å². The molecule has 3 heterocycles. The molecule has 1 aromatic heterocycles. The number of ether oxygens (including phenoxy) is 3. The second kappa shape index (κ2) is 16.1. The van der Waals surface area contributed by atoms with Crippen molar-refractivity contribution in [3.63, 3.8) is 0 Å². The van der Waals surface area contributed by atoms with Crippen molar-refractivity contribution < 1.29 is 33.0 Å². The van der Waals surface area contributed by atoms with E-state index in [1.54, 1.807) is 64.1 Å². The Balaban J connectivity index is 1.29. The van der Waals surface area contributed by atoms with Crippen LogP contribution >= 0.6 is 0 Å². The van der Waals surface area contributed by atoms with Crippen LogP contribution < -0.4 is 30.3 Å². The monoisotopic (exact) mass is 758 g/mol. The Morgan fingerprint density at radius 3 is 2.07 bits per heavy atom. The maximum absolute atomic E-state index is 14.4. The number of carbonyl (C=O) groups excluding carboxylic acids is 3. The first kappa shape index (κ1) is 38.7. The number of urea groups is 2. The molecule has 0 saturated carbocycles. The average Bonchev–Trinajstić information content (AvgIpc) is 3.18. The van der Waals surface area contributed by atoms with Gasteiger partial charge in [-0.25, -0.2) is 28.4 Å². The van der Waals surface area contributed by atoms with Gasteiger partial charge in [0.25, 0.3) is 5.56 Å². The molecule has 5 amide bonds. The summed E-state index contributed by atoms with van der Waals surface area (Å²) in [6, 6.07) is 15.8. The molecule has 2 aliphatic heterocycles. The molecule has 15 nitrogen and oxygen atoms in total. The van der Waals surface area contributed by atoms with Crippen LogP contribution in [0.2, 0.25) is 0 Å². The molecule has 1 atom stereocenters. The fraction of sp³-hybridized carbons (Fsp3) is 0.410. The van der Waals surface area contributed by atoms with E-state index in [0.29, 0.717) is 86.1 Å². The third-order valence-corrected chi connectivity index (χ3v) is 9.51. The third-order valence-electron chi connectivity index (χ3n) is 9.51. The van der Waals surface area contributed by atoms with Crippen molar-refractivity contribution in [3.8, 4) is 11.5 Å². The molecule has 16 heteroatoms. The van der Waals surface area contributed by atoms with Crippen molar-refractivity contribution >= 4 is 40.4 Å². The van der Waals surface area contributed by atoms with Gasteiger partial charge in [-0.2, -0.15) is 0 Å². The number of rotatable bonds is 7. The van der Waals surface area contributed by atoms with E-state index in [1.807, 2.05) is 25.8 Å². The number of nitrogens with one attached hydrogen (secondary N) is 1. The molecular weight excluding hydrogens is 711 g/mol. The normalized spacial score (nSPS) is 15.4. The number of carbonyl (C=O) groups is 3. The Morgan fingerprint density at radius 1 is 0.836 bits per heavy atom. The standard InChI is InChI=1S/C39H47FN8O7/c1-26(47(32-16-15-29(53-5)25-33(32)54-6)36(50)41-28-13-11-27(40)12-14-28)34-42-31-10-8-7-9-30(31)35(49)48(34)46-23-21-44(22-24-46)37(51)43-17-19-45(20-18-43)38(52)55-39(2,3)4/h7-16,25-26H,17-24H2,1-6H3,(H,41,50). The van der Waals surface area contributed by atoms with Crippen LogP contribution in [0.4, 0.5) is 30.1 Å². The fourth-order valence-electron chi connectivity index (χ4n) is 6.69. The fourth-order valence-corrected chi connectivity index (χ4v) is 6.69. The molecule has 3 aromatic carbocycles. The van der Waals surface area contributed by atoms with Crippen molar-refractivity contribution in [1.29, 1.82) is 0 Å². The van der Waals surface area contributed by atoms with Gasteiger partial charge in [0, 0.05) is 51.0 Å². The number of fused-ring (bicyclic) bond motifs is 1. The van der Waals surface area contributed by atoms with Gasteiger partial charge in [0.2, 0.25) is 0 Å². The number of halogens is 1. The number of hydrogen-bond donors (Lipinski definition) is 1. The molecule has 1 N–H and O–H groups in total. The SMILES string of the molecule is COc1ccc(N(C(=O)Nc2ccc(F)cc2)C(C)c2nc3ccccc3c(=O)n2N2CCN(C(=O)N3CCN(C(=O)OC(C)(C)C)CC3)CC2)c(OC)c1. The van der Waals surface area contributed by atoms with Gasteiger partial charge in [0.05, 0.1) is 49.9 Å². The zero-order valence-corrected chi connectivity index (χ0v) is 32.0. The Kier molecular flexibility index (Phi) is 11.3. The molecule has 0 spiro atoms. The molecule has 1 unspecified atom stereocenters. The molecule has 0 bridgehead atoms. The second-order valence-corrected chi connectivity index (χ2v) is 14.3. The molecule has 4 aromatic rings. The summed E-state index contributed by atoms with van der Waals surface area (Å²) >= 11 is 0. The molecule has 2 fully saturated rings. The van der Waals surface area contributed by atoms with Gasteiger partial charge in [0.15, 0.2) is 5.82 Å². The van der Waals surface area contributed by atoms with Crippen LogP contribution in [0.25, 0.3) is 10.9 Å². The lowest BCUT2D eigenvalue weighted by Gasteiger charge is -2.42. The molecule has 2 aliphatic rings. The Bertz CT molecular complexity index is 2090. The second-order valence-electron chi connectivity index (χ2n) is 14.3. The number of nitrogens with zero attached hydrogens (tertiary/aromatic N) is 7. The topological polar surface area (TPSA) is 142 Å². The van der Waals surface area contributed by atoms with Crippen molar-refractivity contribution in [3.05, 3.63) is 88.7 Å². The van der Waals surface area contributed by atoms with E-state index in [1.165, 1.54) is 48.1 Å². The van der Waals surface area contributed by atoms with E-state index in [9.17, 15) is 23.6 Å². The maximum Gasteiger partial charge on any atom is 0.410 e. The molecule has 55 heavy (non-hydrogen) atoms. The van der Waals surface area contributed by atoms with Crippen molar-refractivity contribution in [2.45, 2.75) is 39.3 Å². The average molecular weight is 759 g/mol. The molecular formula is C39H47FN8O7. The molecule has 0 radical (unpaired) electrons. The van der Waals surface area contributed by atoms with Crippen LogP contribution in [0.1, 0.15) is 39.6 Å². The summed E-state index contributed by atoms with van der Waals surface area (Å²) in [5.41, 5.74) is 0.233. The zero-order valence-electron chi connectivity index (χ0n) is 32.0. The van der Waals surface area contributed by atoms with Crippen LogP contribution in [0.15, 0.2) is 71.5 Å². The lowest BCUT2D eigenvalue weighted by Crippen LogP contribution is -2.60. The molecule has 6 rings (SSSR count). The Morgan fingerprint density at radius 2 is 1.45 bits per heavy atom. The number of amides is 5. The summed E-state index contributed by atoms with van der Waals surface area (Å²) in [4.78, 5) is 66.4. The number of aromatic nitrogens is 2. The number of anilines is 2. The lowest BCUT2D eigenvalue weighted by atomic mass is 10.1. The number of para-hydroxylation sites is 1. The largest absolute Gasteiger partial charge is 0.497 e. The minimum atomic E-state index is -0.874. The highest BCUT2D eigenvalue weighted by Crippen LogP contribution is 2.37. The lowest BCUT2D eigenvalue weighted by molar-refractivity contribution is 0.0156. The van der Waals surface area contributed by atoms with Crippen molar-refractivity contribution in [2.24, 2.45) is 0 Å². The van der Waals surface area contributed by atoms with Crippen LogP contribution in [0.5, 0.6) is 11.5 Å². The predicted octanol–water partition coefficient (Wildman–Crippen LogP) is 5.28. The summed E-state index contributed by atoms with van der Waals surface area (Å²) in [6.07, 6.45) is -0.399. The van der Waals surface area contributed by atoms with Gasteiger partial charge in [-0.1, -0.05) is 12.1 Å². The zero-order chi connectivity index (χ0) is 39.4. The van der Waals surface area contributed by atoms with E-state index in [0.717, 1.165) is 0 Å². The van der Waals surface area contributed by atoms with Gasteiger partial charge < -0.3 is 39.2 Å². The van der Waals surface area contributed by atoms with E-state index >= 15 is 0 Å². The van der Waals surface area contributed by atoms with Crippen LogP contribution in [-0.2, 0) is 4.74 Å². The van der Waals surface area contributed by atoms with Gasteiger partial charge in [-0.15, -0.1) is 0 Å². The Hall–Kier alpha value is -6.06. The van der Waals surface area contributed by atoms with E-state index in [4.69, 9.17) is 19.2 Å². The number of methoxy groups -OCH3 is 2. The maximum atomic E-state index is 14.4. The quantitative estimate of drug-likeness (QED) is 0.267. The summed E-state index contributed by atoms with van der Waals surface area (Å²) in [5, 5.41) is 5.08. The molecule has 2 saturated heterocycles. The highest BCUT2D eigenvalue weighted by atomic mass is 19.1. The number of piperazine rings is 2. The minimum Gasteiger partial charge on any atom is -0.497 e. The van der Waals surface area contributed by atoms with E-state index in [2.05, 4.69) is 5.32 Å².